The monoisotopic (exact) mass is 391 g/mol. The zero-order valence-corrected chi connectivity index (χ0v) is 16.2. The molecule has 4 rings (SSSR count). The molecule has 0 radical (unpaired) electrons. The number of piperazine rings is 1. The standard InChI is InChI=1S/C22H22FN5O/c1-16(29)17-5-4-6-18(15-17)25-22-24-10-9-21(26-22)28-13-11-27(12-14-28)20-8-3-2-7-19(20)23/h2-10,15H,11-14H2,1H3,(H,24,25,26). The van der Waals surface area contributed by atoms with Crippen molar-refractivity contribution in [2.75, 3.05) is 41.3 Å². The van der Waals surface area contributed by atoms with Crippen LogP contribution in [0.2, 0.25) is 0 Å². The Bertz CT molecular complexity index is 1020. The number of carbonyl (C=O) groups excluding carboxylic acids is 1. The third kappa shape index (κ3) is 4.34. The number of anilines is 4. The Morgan fingerprint density at radius 1 is 1.00 bits per heavy atom. The molecule has 7 heteroatoms. The summed E-state index contributed by atoms with van der Waals surface area (Å²) >= 11 is 0. The second kappa shape index (κ2) is 8.26. The van der Waals surface area contributed by atoms with E-state index in [1.54, 1.807) is 24.4 Å². The number of para-hydroxylation sites is 1. The van der Waals surface area contributed by atoms with Gasteiger partial charge in [0.05, 0.1) is 5.69 Å². The predicted octanol–water partition coefficient (Wildman–Crippen LogP) is 3.89. The summed E-state index contributed by atoms with van der Waals surface area (Å²) in [7, 11) is 0. The number of ketones is 1. The smallest absolute Gasteiger partial charge is 0.229 e. The Labute approximate surface area is 169 Å². The maximum atomic E-state index is 14.0. The molecule has 0 unspecified atom stereocenters. The van der Waals surface area contributed by atoms with E-state index in [0.717, 1.165) is 24.6 Å². The summed E-state index contributed by atoms with van der Waals surface area (Å²) in [6.07, 6.45) is 1.71. The van der Waals surface area contributed by atoms with E-state index in [1.165, 1.54) is 13.0 Å². The third-order valence-corrected chi connectivity index (χ3v) is 4.96. The molecule has 2 aromatic carbocycles. The molecule has 0 atom stereocenters. The number of Topliss-reactive ketones (excluding diaryl/α,β-unsaturated/α-hetero) is 1. The lowest BCUT2D eigenvalue weighted by molar-refractivity contribution is 0.101. The van der Waals surface area contributed by atoms with Crippen molar-refractivity contribution < 1.29 is 9.18 Å². The van der Waals surface area contributed by atoms with E-state index in [-0.39, 0.29) is 11.6 Å². The van der Waals surface area contributed by atoms with Crippen molar-refractivity contribution in [2.45, 2.75) is 6.92 Å². The fraction of sp³-hybridized carbons (Fsp3) is 0.227. The number of halogens is 1. The minimum Gasteiger partial charge on any atom is -0.366 e. The van der Waals surface area contributed by atoms with Gasteiger partial charge in [-0.1, -0.05) is 24.3 Å². The van der Waals surface area contributed by atoms with E-state index in [0.29, 0.717) is 30.3 Å². The zero-order chi connectivity index (χ0) is 20.2. The van der Waals surface area contributed by atoms with Crippen molar-refractivity contribution >= 4 is 28.9 Å². The predicted molar refractivity (Wildman–Crippen MR) is 113 cm³/mol. The number of benzene rings is 2. The van der Waals surface area contributed by atoms with Gasteiger partial charge in [0, 0.05) is 43.6 Å². The van der Waals surface area contributed by atoms with Crippen LogP contribution in [-0.4, -0.2) is 41.9 Å². The zero-order valence-electron chi connectivity index (χ0n) is 16.2. The molecule has 148 valence electrons. The van der Waals surface area contributed by atoms with E-state index in [2.05, 4.69) is 25.1 Å². The highest BCUT2D eigenvalue weighted by molar-refractivity contribution is 5.95. The second-order valence-corrected chi connectivity index (χ2v) is 6.93. The highest BCUT2D eigenvalue weighted by Gasteiger charge is 2.20. The summed E-state index contributed by atoms with van der Waals surface area (Å²) in [5.74, 6) is 1.11. The van der Waals surface area contributed by atoms with Gasteiger partial charge in [0.2, 0.25) is 5.95 Å². The number of nitrogens with zero attached hydrogens (tertiary/aromatic N) is 4. The normalized spacial score (nSPS) is 14.0. The number of aromatic nitrogens is 2. The molecule has 6 nitrogen and oxygen atoms in total. The van der Waals surface area contributed by atoms with Crippen molar-refractivity contribution in [1.82, 2.24) is 9.97 Å². The molecule has 1 aromatic heterocycles. The Morgan fingerprint density at radius 3 is 2.52 bits per heavy atom. The molecule has 0 amide bonds. The van der Waals surface area contributed by atoms with Gasteiger partial charge in [0.1, 0.15) is 11.6 Å². The van der Waals surface area contributed by atoms with Crippen molar-refractivity contribution in [1.29, 1.82) is 0 Å². The van der Waals surface area contributed by atoms with Crippen molar-refractivity contribution in [2.24, 2.45) is 0 Å². The van der Waals surface area contributed by atoms with Crippen LogP contribution in [0, 0.1) is 5.82 Å². The molecule has 1 saturated heterocycles. The first-order valence-corrected chi connectivity index (χ1v) is 9.55. The third-order valence-electron chi connectivity index (χ3n) is 4.96. The van der Waals surface area contributed by atoms with Crippen molar-refractivity contribution in [3.8, 4) is 0 Å². The van der Waals surface area contributed by atoms with Gasteiger partial charge in [0.15, 0.2) is 5.78 Å². The van der Waals surface area contributed by atoms with E-state index in [9.17, 15) is 9.18 Å². The fourth-order valence-corrected chi connectivity index (χ4v) is 3.42. The maximum Gasteiger partial charge on any atom is 0.229 e. The highest BCUT2D eigenvalue weighted by Crippen LogP contribution is 2.23. The number of carbonyl (C=O) groups is 1. The summed E-state index contributed by atoms with van der Waals surface area (Å²) in [6.45, 7) is 4.45. The molecular weight excluding hydrogens is 369 g/mol. The van der Waals surface area contributed by atoms with Gasteiger partial charge >= 0.3 is 0 Å². The molecule has 0 aliphatic carbocycles. The molecule has 2 heterocycles. The lowest BCUT2D eigenvalue weighted by Crippen LogP contribution is -2.47. The molecule has 3 aromatic rings. The SMILES string of the molecule is CC(=O)c1cccc(Nc2nccc(N3CCN(c4ccccc4F)CC3)n2)c1. The van der Waals surface area contributed by atoms with Gasteiger partial charge in [0.25, 0.3) is 0 Å². The van der Waals surface area contributed by atoms with Gasteiger partial charge in [-0.15, -0.1) is 0 Å². The molecule has 1 fully saturated rings. The molecule has 0 spiro atoms. The van der Waals surface area contributed by atoms with Crippen LogP contribution >= 0.6 is 0 Å². The Hall–Kier alpha value is -3.48. The molecule has 1 aliphatic rings. The van der Waals surface area contributed by atoms with E-state index in [4.69, 9.17) is 0 Å². The number of rotatable bonds is 5. The van der Waals surface area contributed by atoms with Gasteiger partial charge in [-0.05, 0) is 37.3 Å². The van der Waals surface area contributed by atoms with Crippen molar-refractivity contribution in [3.63, 3.8) is 0 Å². The van der Waals surface area contributed by atoms with E-state index < -0.39 is 0 Å². The molecule has 1 N–H and O–H groups in total. The van der Waals surface area contributed by atoms with Crippen LogP contribution in [0.25, 0.3) is 0 Å². The lowest BCUT2D eigenvalue weighted by atomic mass is 10.1. The maximum absolute atomic E-state index is 14.0. The first-order valence-electron chi connectivity index (χ1n) is 9.55. The molecule has 1 aliphatic heterocycles. The van der Waals surface area contributed by atoms with Gasteiger partial charge in [-0.25, -0.2) is 9.37 Å². The van der Waals surface area contributed by atoms with Crippen LogP contribution in [0.15, 0.2) is 60.8 Å². The average Bonchev–Trinajstić information content (AvgIpc) is 2.75. The Kier molecular flexibility index (Phi) is 5.37. The largest absolute Gasteiger partial charge is 0.366 e. The summed E-state index contributed by atoms with van der Waals surface area (Å²) in [5.41, 5.74) is 2.04. The first kappa shape index (κ1) is 18.9. The highest BCUT2D eigenvalue weighted by atomic mass is 19.1. The summed E-state index contributed by atoms with van der Waals surface area (Å²) in [6, 6.07) is 16.0. The lowest BCUT2D eigenvalue weighted by Gasteiger charge is -2.36. The number of hydrogen-bond donors (Lipinski definition) is 1. The van der Waals surface area contributed by atoms with Crippen LogP contribution in [0.1, 0.15) is 17.3 Å². The Balaban J connectivity index is 1.44. The molecule has 0 bridgehead atoms. The van der Waals surface area contributed by atoms with Crippen molar-refractivity contribution in [3.05, 3.63) is 72.2 Å². The van der Waals surface area contributed by atoms with Crippen LogP contribution < -0.4 is 15.1 Å². The summed E-state index contributed by atoms with van der Waals surface area (Å²) < 4.78 is 14.0. The number of hydrogen-bond acceptors (Lipinski definition) is 6. The van der Waals surface area contributed by atoms with Gasteiger partial charge < -0.3 is 15.1 Å². The van der Waals surface area contributed by atoms with E-state index >= 15 is 0 Å². The summed E-state index contributed by atoms with van der Waals surface area (Å²) in [4.78, 5) is 24.7. The molecule has 0 saturated carbocycles. The minimum absolute atomic E-state index is 0.0102. The van der Waals surface area contributed by atoms with Gasteiger partial charge in [-0.2, -0.15) is 4.98 Å². The van der Waals surface area contributed by atoms with Crippen LogP contribution in [0.3, 0.4) is 0 Å². The van der Waals surface area contributed by atoms with Crippen LogP contribution in [0.5, 0.6) is 0 Å². The number of nitrogens with one attached hydrogen (secondary N) is 1. The Morgan fingerprint density at radius 2 is 1.76 bits per heavy atom. The van der Waals surface area contributed by atoms with E-state index in [1.807, 2.05) is 30.3 Å². The topological polar surface area (TPSA) is 61.4 Å². The first-order chi connectivity index (χ1) is 14.1. The summed E-state index contributed by atoms with van der Waals surface area (Å²) in [5, 5.41) is 3.16. The van der Waals surface area contributed by atoms with Gasteiger partial charge in [-0.3, -0.25) is 4.79 Å². The average molecular weight is 391 g/mol. The molecular formula is C22H22FN5O. The fourth-order valence-electron chi connectivity index (χ4n) is 3.42. The van der Waals surface area contributed by atoms with Crippen LogP contribution in [-0.2, 0) is 0 Å². The second-order valence-electron chi connectivity index (χ2n) is 6.93. The minimum atomic E-state index is -0.192. The quantitative estimate of drug-likeness (QED) is 0.666. The van der Waals surface area contributed by atoms with Crippen LogP contribution in [0.4, 0.5) is 27.5 Å². The molecule has 29 heavy (non-hydrogen) atoms.